The highest BCUT2D eigenvalue weighted by atomic mass is 19.1. The molecular weight excluding hydrogens is 421 g/mol. The summed E-state index contributed by atoms with van der Waals surface area (Å²) in [5.41, 5.74) is 2.02. The molecule has 2 aliphatic heterocycles. The fraction of sp³-hybridized carbons (Fsp3) is 0.385. The van der Waals surface area contributed by atoms with Crippen LogP contribution >= 0.6 is 0 Å². The first-order valence-electron chi connectivity index (χ1n) is 11.5. The van der Waals surface area contributed by atoms with E-state index in [-0.39, 0.29) is 23.3 Å². The van der Waals surface area contributed by atoms with E-state index in [4.69, 9.17) is 4.42 Å². The van der Waals surface area contributed by atoms with Crippen LogP contribution in [-0.2, 0) is 0 Å². The van der Waals surface area contributed by atoms with Crippen molar-refractivity contribution in [1.29, 1.82) is 0 Å². The molecule has 1 N–H and O–H groups in total. The lowest BCUT2D eigenvalue weighted by molar-refractivity contribution is -0.123. The molecular formula is C26H28FN3O3. The van der Waals surface area contributed by atoms with Crippen LogP contribution in [0.5, 0.6) is 0 Å². The summed E-state index contributed by atoms with van der Waals surface area (Å²) in [4.78, 5) is 28.6. The highest BCUT2D eigenvalue weighted by Gasteiger charge is 2.54. The summed E-state index contributed by atoms with van der Waals surface area (Å²) < 4.78 is 18.7. The van der Waals surface area contributed by atoms with Crippen LogP contribution in [0.4, 0.5) is 14.9 Å². The van der Waals surface area contributed by atoms with Crippen molar-refractivity contribution < 1.29 is 13.6 Å². The Hall–Kier alpha value is -3.19. The van der Waals surface area contributed by atoms with Crippen LogP contribution in [0.15, 0.2) is 63.8 Å². The third-order valence-corrected chi connectivity index (χ3v) is 7.18. The maximum absolute atomic E-state index is 13.5. The second-order valence-corrected chi connectivity index (χ2v) is 9.51. The predicted molar refractivity (Wildman–Crippen MR) is 126 cm³/mol. The summed E-state index contributed by atoms with van der Waals surface area (Å²) >= 11 is 0. The van der Waals surface area contributed by atoms with E-state index >= 15 is 0 Å². The van der Waals surface area contributed by atoms with Crippen molar-refractivity contribution in [1.82, 2.24) is 9.80 Å². The fourth-order valence-corrected chi connectivity index (χ4v) is 5.39. The maximum Gasteiger partial charge on any atom is 0.336 e. The van der Waals surface area contributed by atoms with Gasteiger partial charge in [-0.2, -0.15) is 0 Å². The van der Waals surface area contributed by atoms with Gasteiger partial charge in [0, 0.05) is 54.3 Å². The van der Waals surface area contributed by atoms with E-state index in [2.05, 4.69) is 24.1 Å². The van der Waals surface area contributed by atoms with E-state index in [9.17, 15) is 14.0 Å². The summed E-state index contributed by atoms with van der Waals surface area (Å²) in [6.45, 7) is 6.75. The Balaban J connectivity index is 1.27. The molecule has 2 fully saturated rings. The summed E-state index contributed by atoms with van der Waals surface area (Å²) in [5, 5.41) is 3.73. The highest BCUT2D eigenvalue weighted by Crippen LogP contribution is 2.55. The number of anilines is 1. The summed E-state index contributed by atoms with van der Waals surface area (Å²) in [5.74, 6) is -0.217. The van der Waals surface area contributed by atoms with Gasteiger partial charge in [0.15, 0.2) is 0 Å². The number of halogens is 1. The number of rotatable bonds is 3. The zero-order chi connectivity index (χ0) is 23.2. The minimum absolute atomic E-state index is 0.110. The highest BCUT2D eigenvalue weighted by molar-refractivity contribution is 5.92. The monoisotopic (exact) mass is 449 g/mol. The lowest BCUT2D eigenvalue weighted by Crippen LogP contribution is -2.64. The smallest absolute Gasteiger partial charge is 0.336 e. The largest absolute Gasteiger partial charge is 0.423 e. The van der Waals surface area contributed by atoms with Crippen LogP contribution in [0.2, 0.25) is 0 Å². The second kappa shape index (κ2) is 8.30. The van der Waals surface area contributed by atoms with Crippen molar-refractivity contribution in [3.8, 4) is 0 Å². The van der Waals surface area contributed by atoms with Crippen LogP contribution in [0.25, 0.3) is 11.0 Å². The number of carbonyl (C=O) groups excluding carboxylic acids is 1. The molecule has 3 aromatic rings. The number of nitrogens with zero attached hydrogens (tertiary/aromatic N) is 2. The topological polar surface area (TPSA) is 65.8 Å². The van der Waals surface area contributed by atoms with Crippen LogP contribution in [0.1, 0.15) is 38.3 Å². The standard InChI is InChI=1S/C26H28FN3O3/c1-17(2)30-16-26(24(30)18-3-6-20(27)7-4-18)11-13-29(14-12-26)25(32)28-21-8-9-22-19(15-21)5-10-23(31)33-22/h3-10,15,17,24H,11-14,16H2,1-2H3,(H,28,32). The molecule has 3 heterocycles. The third-order valence-electron chi connectivity index (χ3n) is 7.18. The molecule has 172 valence electrons. The zero-order valence-electron chi connectivity index (χ0n) is 18.9. The Labute approximate surface area is 192 Å². The lowest BCUT2D eigenvalue weighted by atomic mass is 9.62. The minimum atomic E-state index is -0.396. The number of benzene rings is 2. The van der Waals surface area contributed by atoms with Crippen molar-refractivity contribution in [3.63, 3.8) is 0 Å². The van der Waals surface area contributed by atoms with Gasteiger partial charge in [-0.05, 0) is 68.7 Å². The van der Waals surface area contributed by atoms with E-state index in [0.29, 0.717) is 30.4 Å². The maximum atomic E-state index is 13.5. The Morgan fingerprint density at radius 3 is 2.52 bits per heavy atom. The van der Waals surface area contributed by atoms with Gasteiger partial charge in [-0.3, -0.25) is 4.90 Å². The number of carbonyl (C=O) groups is 1. The number of hydrogen-bond acceptors (Lipinski definition) is 4. The molecule has 5 rings (SSSR count). The van der Waals surface area contributed by atoms with Gasteiger partial charge in [0.2, 0.25) is 0 Å². The van der Waals surface area contributed by atoms with E-state index in [1.807, 2.05) is 17.0 Å². The molecule has 0 bridgehead atoms. The molecule has 6 nitrogen and oxygen atoms in total. The molecule has 1 aromatic heterocycles. The van der Waals surface area contributed by atoms with E-state index in [1.54, 1.807) is 24.3 Å². The summed E-state index contributed by atoms with van der Waals surface area (Å²) in [6, 6.07) is 15.7. The van der Waals surface area contributed by atoms with Gasteiger partial charge in [0.25, 0.3) is 0 Å². The van der Waals surface area contributed by atoms with E-state index < -0.39 is 5.63 Å². The number of fused-ring (bicyclic) bond motifs is 1. The minimum Gasteiger partial charge on any atom is -0.423 e. The summed E-state index contributed by atoms with van der Waals surface area (Å²) in [7, 11) is 0. The molecule has 0 radical (unpaired) electrons. The number of likely N-dealkylation sites (tertiary alicyclic amines) is 2. The molecule has 33 heavy (non-hydrogen) atoms. The zero-order valence-corrected chi connectivity index (χ0v) is 18.9. The molecule has 7 heteroatoms. The number of amides is 2. The van der Waals surface area contributed by atoms with Crippen molar-refractivity contribution in [3.05, 3.63) is 76.4 Å². The number of nitrogens with one attached hydrogen (secondary N) is 1. The molecule has 0 aliphatic carbocycles. The van der Waals surface area contributed by atoms with E-state index in [1.165, 1.54) is 18.2 Å². The van der Waals surface area contributed by atoms with Gasteiger partial charge in [-0.25, -0.2) is 14.0 Å². The third kappa shape index (κ3) is 4.02. The molecule has 0 saturated carbocycles. The van der Waals surface area contributed by atoms with Gasteiger partial charge in [0.1, 0.15) is 11.4 Å². The Kier molecular flexibility index (Phi) is 5.44. The van der Waals surface area contributed by atoms with Crippen LogP contribution in [0, 0.1) is 11.2 Å². The average Bonchev–Trinajstić information content (AvgIpc) is 2.79. The first kappa shape index (κ1) is 21.6. The predicted octanol–water partition coefficient (Wildman–Crippen LogP) is 5.01. The normalized spacial score (nSPS) is 20.2. The van der Waals surface area contributed by atoms with Gasteiger partial charge >= 0.3 is 11.7 Å². The van der Waals surface area contributed by atoms with Crippen molar-refractivity contribution in [2.24, 2.45) is 5.41 Å². The van der Waals surface area contributed by atoms with Gasteiger partial charge < -0.3 is 14.6 Å². The second-order valence-electron chi connectivity index (χ2n) is 9.51. The van der Waals surface area contributed by atoms with Crippen LogP contribution in [0.3, 0.4) is 0 Å². The fourth-order valence-electron chi connectivity index (χ4n) is 5.39. The first-order chi connectivity index (χ1) is 15.8. The number of piperidine rings is 1. The quantitative estimate of drug-likeness (QED) is 0.571. The average molecular weight is 450 g/mol. The molecule has 2 saturated heterocycles. The lowest BCUT2D eigenvalue weighted by Gasteiger charge is -2.62. The van der Waals surface area contributed by atoms with Crippen molar-refractivity contribution >= 4 is 22.7 Å². The number of urea groups is 1. The Bertz CT molecular complexity index is 1230. The summed E-state index contributed by atoms with van der Waals surface area (Å²) in [6.07, 6.45) is 1.82. The molecule has 2 aliphatic rings. The Morgan fingerprint density at radius 1 is 1.09 bits per heavy atom. The van der Waals surface area contributed by atoms with E-state index in [0.717, 1.165) is 30.3 Å². The molecule has 1 unspecified atom stereocenters. The van der Waals surface area contributed by atoms with Crippen LogP contribution < -0.4 is 10.9 Å². The molecule has 2 aromatic carbocycles. The molecule has 1 spiro atoms. The van der Waals surface area contributed by atoms with Gasteiger partial charge in [0.05, 0.1) is 0 Å². The number of hydrogen-bond donors (Lipinski definition) is 1. The molecule has 2 amide bonds. The van der Waals surface area contributed by atoms with Gasteiger partial charge in [-0.15, -0.1) is 0 Å². The van der Waals surface area contributed by atoms with Gasteiger partial charge in [-0.1, -0.05) is 12.1 Å². The van der Waals surface area contributed by atoms with Crippen molar-refractivity contribution in [2.45, 2.75) is 38.8 Å². The first-order valence-corrected chi connectivity index (χ1v) is 11.5. The van der Waals surface area contributed by atoms with Crippen LogP contribution in [-0.4, -0.2) is 41.5 Å². The molecule has 1 atom stereocenters. The Morgan fingerprint density at radius 2 is 1.82 bits per heavy atom. The SMILES string of the molecule is CC(C)N1CC2(CCN(C(=O)Nc3ccc4oc(=O)ccc4c3)CC2)C1c1ccc(F)cc1. The van der Waals surface area contributed by atoms with Crippen molar-refractivity contribution in [2.75, 3.05) is 25.0 Å².